The molecule has 1 atom stereocenters. The van der Waals surface area contributed by atoms with Gasteiger partial charge in [-0.05, 0) is 55.3 Å². The number of fused-ring (bicyclic) bond motifs is 1. The predicted molar refractivity (Wildman–Crippen MR) is 124 cm³/mol. The molecule has 0 bridgehead atoms. The van der Waals surface area contributed by atoms with Crippen molar-refractivity contribution in [2.24, 2.45) is 0 Å². The molecule has 0 aliphatic carbocycles. The summed E-state index contributed by atoms with van der Waals surface area (Å²) in [5.41, 5.74) is 1.17. The second-order valence-corrected chi connectivity index (χ2v) is 10.9. The highest BCUT2D eigenvalue weighted by Gasteiger charge is 2.27. The summed E-state index contributed by atoms with van der Waals surface area (Å²) in [4.78, 5) is 19.9. The predicted octanol–water partition coefficient (Wildman–Crippen LogP) is 3.38. The van der Waals surface area contributed by atoms with Crippen molar-refractivity contribution >= 4 is 42.6 Å². The average Bonchev–Trinajstić information content (AvgIpc) is 3.45. The first-order valence-corrected chi connectivity index (χ1v) is 12.5. The fourth-order valence-electron chi connectivity index (χ4n) is 3.51. The molecule has 1 amide bonds. The molecule has 2 heterocycles. The molecule has 2 aromatic carbocycles. The van der Waals surface area contributed by atoms with Gasteiger partial charge in [-0.2, -0.15) is 0 Å². The van der Waals surface area contributed by atoms with Crippen molar-refractivity contribution in [3.63, 3.8) is 0 Å². The zero-order valence-electron chi connectivity index (χ0n) is 18.1. The number of ether oxygens (including phenoxy) is 2. The van der Waals surface area contributed by atoms with Gasteiger partial charge in [-0.15, -0.1) is 0 Å². The van der Waals surface area contributed by atoms with E-state index in [4.69, 9.17) is 9.47 Å². The summed E-state index contributed by atoms with van der Waals surface area (Å²) in [7, 11) is 0.984. The Morgan fingerprint density at radius 2 is 1.97 bits per heavy atom. The highest BCUT2D eigenvalue weighted by Crippen LogP contribution is 2.33. The van der Waals surface area contributed by atoms with Gasteiger partial charge in [-0.1, -0.05) is 11.3 Å². The maximum absolute atomic E-state index is 13.5. The summed E-state index contributed by atoms with van der Waals surface area (Å²) in [5, 5.41) is 0.568. The highest BCUT2D eigenvalue weighted by atomic mass is 32.2. The summed E-state index contributed by atoms with van der Waals surface area (Å²) in [6.07, 6.45) is 1.78. The molecule has 3 aromatic rings. The molecule has 0 spiro atoms. The van der Waals surface area contributed by atoms with E-state index in [9.17, 15) is 13.2 Å². The van der Waals surface area contributed by atoms with Gasteiger partial charge in [0.1, 0.15) is 5.75 Å². The summed E-state index contributed by atoms with van der Waals surface area (Å²) >= 11 is 1.41. The van der Waals surface area contributed by atoms with Crippen LogP contribution in [0.2, 0.25) is 0 Å². The highest BCUT2D eigenvalue weighted by molar-refractivity contribution is 7.89. The van der Waals surface area contributed by atoms with Crippen LogP contribution < -0.4 is 9.64 Å². The standard InChI is InChI=1S/C22H25N3O5S2/c1-24(2)32(27,28)18-9-6-15(7-10-18)21(26)25(14-17-5-4-12-30-17)22-23-19-11-8-16(29-3)13-20(19)31-22/h6-11,13,17H,4-5,12,14H2,1-3H3. The molecule has 1 aliphatic heterocycles. The average molecular weight is 476 g/mol. The van der Waals surface area contributed by atoms with E-state index in [0.717, 1.165) is 33.1 Å². The summed E-state index contributed by atoms with van der Waals surface area (Å²) in [6.45, 7) is 1.06. The van der Waals surface area contributed by atoms with Crippen LogP contribution in [0, 0.1) is 0 Å². The van der Waals surface area contributed by atoms with E-state index >= 15 is 0 Å². The zero-order valence-corrected chi connectivity index (χ0v) is 19.8. The molecule has 1 aromatic heterocycles. The molecule has 0 N–H and O–H groups in total. The number of carbonyl (C=O) groups excluding carboxylic acids is 1. The number of thiazole rings is 1. The summed E-state index contributed by atoms with van der Waals surface area (Å²) in [5.74, 6) is 0.475. The van der Waals surface area contributed by atoms with Crippen molar-refractivity contribution in [3.8, 4) is 5.75 Å². The molecular weight excluding hydrogens is 450 g/mol. The minimum absolute atomic E-state index is 0.0612. The second-order valence-electron chi connectivity index (χ2n) is 7.69. The molecule has 1 fully saturated rings. The molecule has 4 rings (SSSR count). The van der Waals surface area contributed by atoms with Crippen LogP contribution in [-0.4, -0.2) is 64.1 Å². The van der Waals surface area contributed by atoms with E-state index in [1.807, 2.05) is 18.2 Å². The number of aromatic nitrogens is 1. The molecule has 1 saturated heterocycles. The Morgan fingerprint density at radius 3 is 2.59 bits per heavy atom. The van der Waals surface area contributed by atoms with Gasteiger partial charge in [0.05, 0.1) is 34.9 Å². The number of rotatable bonds is 7. The van der Waals surface area contributed by atoms with E-state index in [0.29, 0.717) is 23.8 Å². The number of amides is 1. The van der Waals surface area contributed by atoms with Crippen LogP contribution in [0.1, 0.15) is 23.2 Å². The smallest absolute Gasteiger partial charge is 0.260 e. The Morgan fingerprint density at radius 1 is 1.22 bits per heavy atom. The van der Waals surface area contributed by atoms with Gasteiger partial charge < -0.3 is 9.47 Å². The van der Waals surface area contributed by atoms with Gasteiger partial charge in [0.25, 0.3) is 5.91 Å². The van der Waals surface area contributed by atoms with Gasteiger partial charge in [0, 0.05) is 26.3 Å². The van der Waals surface area contributed by atoms with E-state index in [1.54, 1.807) is 12.0 Å². The third-order valence-corrected chi connectivity index (χ3v) is 8.22. The van der Waals surface area contributed by atoms with Crippen molar-refractivity contribution in [1.29, 1.82) is 0 Å². The minimum Gasteiger partial charge on any atom is -0.497 e. The number of benzene rings is 2. The number of methoxy groups -OCH3 is 1. The van der Waals surface area contributed by atoms with Gasteiger partial charge in [0.15, 0.2) is 5.13 Å². The fraction of sp³-hybridized carbons (Fsp3) is 0.364. The second kappa shape index (κ2) is 9.14. The van der Waals surface area contributed by atoms with Gasteiger partial charge in [0.2, 0.25) is 10.0 Å². The number of hydrogen-bond donors (Lipinski definition) is 0. The normalized spacial score (nSPS) is 16.6. The van der Waals surface area contributed by atoms with Crippen LogP contribution in [0.3, 0.4) is 0 Å². The van der Waals surface area contributed by atoms with Crippen LogP contribution in [0.5, 0.6) is 5.75 Å². The maximum Gasteiger partial charge on any atom is 0.260 e. The van der Waals surface area contributed by atoms with Crippen molar-refractivity contribution in [3.05, 3.63) is 48.0 Å². The summed E-state index contributed by atoms with van der Waals surface area (Å²) < 4.78 is 37.8. The lowest BCUT2D eigenvalue weighted by atomic mass is 10.2. The third-order valence-electron chi connectivity index (χ3n) is 5.35. The van der Waals surface area contributed by atoms with Crippen molar-refractivity contribution in [2.45, 2.75) is 23.8 Å². The summed E-state index contributed by atoms with van der Waals surface area (Å²) in [6, 6.07) is 11.6. The molecule has 0 radical (unpaired) electrons. The van der Waals surface area contributed by atoms with Gasteiger partial charge in [-0.3, -0.25) is 9.69 Å². The lowest BCUT2D eigenvalue weighted by molar-refractivity contribution is 0.0917. The van der Waals surface area contributed by atoms with Crippen molar-refractivity contribution in [1.82, 2.24) is 9.29 Å². The molecule has 1 unspecified atom stereocenters. The number of sulfonamides is 1. The molecular formula is C22H25N3O5S2. The largest absolute Gasteiger partial charge is 0.497 e. The third kappa shape index (κ3) is 4.49. The van der Waals surface area contributed by atoms with Crippen LogP contribution in [0.15, 0.2) is 47.4 Å². The molecule has 0 saturated carbocycles. The maximum atomic E-state index is 13.5. The topological polar surface area (TPSA) is 89.0 Å². The zero-order chi connectivity index (χ0) is 22.9. The van der Waals surface area contributed by atoms with Crippen LogP contribution in [-0.2, 0) is 14.8 Å². The molecule has 170 valence electrons. The number of hydrogen-bond acceptors (Lipinski definition) is 7. The Labute approximate surface area is 191 Å². The number of carbonyl (C=O) groups is 1. The van der Waals surface area contributed by atoms with Crippen LogP contribution in [0.25, 0.3) is 10.2 Å². The molecule has 10 heteroatoms. The van der Waals surface area contributed by atoms with E-state index in [-0.39, 0.29) is 16.9 Å². The Balaban J connectivity index is 1.68. The van der Waals surface area contributed by atoms with Crippen molar-refractivity contribution < 1.29 is 22.7 Å². The van der Waals surface area contributed by atoms with Crippen molar-refractivity contribution in [2.75, 3.05) is 39.3 Å². The van der Waals surface area contributed by atoms with Gasteiger partial charge >= 0.3 is 0 Å². The van der Waals surface area contributed by atoms with E-state index in [1.165, 1.54) is 49.7 Å². The Bertz CT molecular complexity index is 1220. The Hall–Kier alpha value is -2.53. The lowest BCUT2D eigenvalue weighted by Gasteiger charge is -2.23. The SMILES string of the molecule is COc1ccc2nc(N(CC3CCCO3)C(=O)c3ccc(S(=O)(=O)N(C)C)cc3)sc2c1. The number of anilines is 1. The van der Waals surface area contributed by atoms with Crippen LogP contribution >= 0.6 is 11.3 Å². The first-order valence-electron chi connectivity index (χ1n) is 10.2. The minimum atomic E-state index is -3.57. The first kappa shape index (κ1) is 22.7. The Kier molecular flexibility index (Phi) is 6.47. The first-order chi connectivity index (χ1) is 15.3. The van der Waals surface area contributed by atoms with Crippen LogP contribution in [0.4, 0.5) is 5.13 Å². The fourth-order valence-corrected chi connectivity index (χ4v) is 5.41. The number of nitrogens with zero attached hydrogens (tertiary/aromatic N) is 3. The molecule has 8 nitrogen and oxygen atoms in total. The monoisotopic (exact) mass is 475 g/mol. The molecule has 32 heavy (non-hydrogen) atoms. The molecule has 1 aliphatic rings. The van der Waals surface area contributed by atoms with E-state index in [2.05, 4.69) is 4.98 Å². The lowest BCUT2D eigenvalue weighted by Crippen LogP contribution is -2.37. The van der Waals surface area contributed by atoms with Gasteiger partial charge in [-0.25, -0.2) is 17.7 Å². The quantitative estimate of drug-likeness (QED) is 0.521. The van der Waals surface area contributed by atoms with E-state index < -0.39 is 10.0 Å².